The fourth-order valence-electron chi connectivity index (χ4n) is 3.50. The van der Waals surface area contributed by atoms with E-state index in [1.165, 1.54) is 18.4 Å². The predicted octanol–water partition coefficient (Wildman–Crippen LogP) is 4.91. The lowest BCUT2D eigenvalue weighted by Crippen LogP contribution is -2.32. The fourth-order valence-corrected chi connectivity index (χ4v) is 4.77. The maximum atomic E-state index is 13.7. The van der Waals surface area contributed by atoms with Crippen molar-refractivity contribution in [2.75, 3.05) is 32.8 Å². The van der Waals surface area contributed by atoms with Crippen molar-refractivity contribution in [2.45, 2.75) is 13.0 Å². The monoisotopic (exact) mass is 486 g/mol. The second-order valence-electron chi connectivity index (χ2n) is 7.10. The number of aryl methyl sites for hydroxylation is 1. The van der Waals surface area contributed by atoms with Crippen molar-refractivity contribution < 1.29 is 19.0 Å². The number of aromatic nitrogens is 3. The molecule has 0 N–H and O–H groups in total. The SMILES string of the molecule is COc1ccc(Cl)cc1C(=O)N(CCCn1ccnc1)c1nc2c(OC)ccc(OC)c2s1. The standard InChI is InChI=1S/C23H23ClN4O4S/c1-30-17-6-5-15(24)13-16(17)22(29)28(11-4-10-27-12-9-25-14-27)23-26-20-18(31-2)7-8-19(32-3)21(20)33-23/h5-9,12-14H,4,10-11H2,1-3H3. The van der Waals surface area contributed by atoms with Crippen LogP contribution in [0.15, 0.2) is 49.1 Å². The zero-order valence-electron chi connectivity index (χ0n) is 18.4. The zero-order chi connectivity index (χ0) is 23.4. The van der Waals surface area contributed by atoms with Gasteiger partial charge in [-0.25, -0.2) is 9.97 Å². The van der Waals surface area contributed by atoms with Crippen LogP contribution in [0.5, 0.6) is 17.2 Å². The molecule has 10 heteroatoms. The molecule has 8 nitrogen and oxygen atoms in total. The lowest BCUT2D eigenvalue weighted by Gasteiger charge is -2.21. The number of fused-ring (bicyclic) bond motifs is 1. The third kappa shape index (κ3) is 4.74. The number of thiazole rings is 1. The molecule has 4 aromatic rings. The van der Waals surface area contributed by atoms with Crippen molar-refractivity contribution in [2.24, 2.45) is 0 Å². The number of benzene rings is 2. The summed E-state index contributed by atoms with van der Waals surface area (Å²) in [6, 6.07) is 8.61. The minimum atomic E-state index is -0.253. The van der Waals surface area contributed by atoms with Crippen molar-refractivity contribution in [3.63, 3.8) is 0 Å². The van der Waals surface area contributed by atoms with Gasteiger partial charge in [0, 0.05) is 30.5 Å². The van der Waals surface area contributed by atoms with E-state index in [9.17, 15) is 4.79 Å². The maximum Gasteiger partial charge on any atom is 0.263 e. The molecule has 4 rings (SSSR count). The number of rotatable bonds is 9. The van der Waals surface area contributed by atoms with Gasteiger partial charge in [0.2, 0.25) is 0 Å². The molecular formula is C23H23ClN4O4S. The van der Waals surface area contributed by atoms with Crippen molar-refractivity contribution >= 4 is 44.2 Å². The number of imidazole rings is 1. The molecule has 0 saturated carbocycles. The summed E-state index contributed by atoms with van der Waals surface area (Å²) in [6.07, 6.45) is 6.06. The second kappa shape index (κ2) is 10.1. The molecule has 2 aromatic heterocycles. The van der Waals surface area contributed by atoms with Crippen LogP contribution < -0.4 is 19.1 Å². The lowest BCUT2D eigenvalue weighted by atomic mass is 10.1. The summed E-state index contributed by atoms with van der Waals surface area (Å²) < 4.78 is 19.2. The first-order valence-electron chi connectivity index (χ1n) is 10.2. The van der Waals surface area contributed by atoms with Gasteiger partial charge in [-0.1, -0.05) is 22.9 Å². The number of ether oxygens (including phenoxy) is 3. The molecule has 0 spiro atoms. The number of methoxy groups -OCH3 is 3. The largest absolute Gasteiger partial charge is 0.496 e. The van der Waals surface area contributed by atoms with Gasteiger partial charge in [0.25, 0.3) is 5.91 Å². The highest BCUT2D eigenvalue weighted by atomic mass is 35.5. The van der Waals surface area contributed by atoms with Crippen LogP contribution in [0.1, 0.15) is 16.8 Å². The molecule has 0 unspecified atom stereocenters. The van der Waals surface area contributed by atoms with Crippen LogP contribution >= 0.6 is 22.9 Å². The van der Waals surface area contributed by atoms with Crippen LogP contribution in [-0.4, -0.2) is 48.3 Å². The Hall–Kier alpha value is -3.30. The minimum Gasteiger partial charge on any atom is -0.496 e. The Morgan fingerprint density at radius 2 is 1.82 bits per heavy atom. The molecule has 2 aromatic carbocycles. The van der Waals surface area contributed by atoms with Gasteiger partial charge in [-0.3, -0.25) is 9.69 Å². The van der Waals surface area contributed by atoms with E-state index in [2.05, 4.69) is 4.98 Å². The van der Waals surface area contributed by atoms with Crippen molar-refractivity contribution in [3.8, 4) is 17.2 Å². The summed E-state index contributed by atoms with van der Waals surface area (Å²) in [7, 11) is 4.72. The highest BCUT2D eigenvalue weighted by molar-refractivity contribution is 7.22. The van der Waals surface area contributed by atoms with Gasteiger partial charge in [0.1, 0.15) is 27.5 Å². The molecule has 0 radical (unpaired) electrons. The summed E-state index contributed by atoms with van der Waals surface area (Å²) >= 11 is 7.57. The number of hydrogen-bond acceptors (Lipinski definition) is 7. The van der Waals surface area contributed by atoms with Gasteiger partial charge in [-0.05, 0) is 36.8 Å². The van der Waals surface area contributed by atoms with Crippen LogP contribution in [0.3, 0.4) is 0 Å². The number of hydrogen-bond donors (Lipinski definition) is 0. The molecule has 0 aliphatic rings. The van der Waals surface area contributed by atoms with Crippen molar-refractivity contribution in [1.82, 2.24) is 14.5 Å². The Labute approximate surface area is 200 Å². The van der Waals surface area contributed by atoms with Crippen LogP contribution in [0.4, 0.5) is 5.13 Å². The molecule has 0 aliphatic heterocycles. The van der Waals surface area contributed by atoms with E-state index in [4.69, 9.17) is 30.8 Å². The first-order chi connectivity index (χ1) is 16.0. The number of nitrogens with zero attached hydrogens (tertiary/aromatic N) is 4. The van der Waals surface area contributed by atoms with Crippen LogP contribution in [0.25, 0.3) is 10.2 Å². The molecule has 2 heterocycles. The van der Waals surface area contributed by atoms with Gasteiger partial charge < -0.3 is 18.8 Å². The summed E-state index contributed by atoms with van der Waals surface area (Å²) in [5, 5.41) is 0.982. The second-order valence-corrected chi connectivity index (χ2v) is 8.51. The van der Waals surface area contributed by atoms with E-state index >= 15 is 0 Å². The molecule has 0 fully saturated rings. The van der Waals surface area contributed by atoms with Crippen molar-refractivity contribution in [3.05, 3.63) is 59.6 Å². The van der Waals surface area contributed by atoms with E-state index in [1.54, 1.807) is 55.9 Å². The highest BCUT2D eigenvalue weighted by Crippen LogP contribution is 2.40. The average molecular weight is 487 g/mol. The minimum absolute atomic E-state index is 0.253. The van der Waals surface area contributed by atoms with Gasteiger partial charge in [0.05, 0.1) is 33.2 Å². The number of amides is 1. The van der Waals surface area contributed by atoms with Crippen LogP contribution in [-0.2, 0) is 6.54 Å². The first kappa shape index (κ1) is 22.9. The van der Waals surface area contributed by atoms with Crippen LogP contribution in [0, 0.1) is 0 Å². The van der Waals surface area contributed by atoms with E-state index in [0.29, 0.717) is 58.0 Å². The quantitative estimate of drug-likeness (QED) is 0.334. The fraction of sp³-hybridized carbons (Fsp3) is 0.261. The third-order valence-electron chi connectivity index (χ3n) is 5.12. The zero-order valence-corrected chi connectivity index (χ0v) is 20.0. The normalized spacial score (nSPS) is 10.9. The summed E-state index contributed by atoms with van der Waals surface area (Å²) in [4.78, 5) is 24.2. The molecule has 0 atom stereocenters. The molecule has 0 aliphatic carbocycles. The van der Waals surface area contributed by atoms with E-state index < -0.39 is 0 Å². The number of carbonyl (C=O) groups excluding carboxylic acids is 1. The number of carbonyl (C=O) groups is 1. The molecule has 1 amide bonds. The average Bonchev–Trinajstić information content (AvgIpc) is 3.51. The Morgan fingerprint density at radius 3 is 2.52 bits per heavy atom. The Kier molecular flexibility index (Phi) is 7.00. The summed E-state index contributed by atoms with van der Waals surface area (Å²) in [5.41, 5.74) is 1.01. The number of halogens is 1. The van der Waals surface area contributed by atoms with E-state index in [1.807, 2.05) is 16.8 Å². The molecule has 0 bridgehead atoms. The highest BCUT2D eigenvalue weighted by Gasteiger charge is 2.26. The summed E-state index contributed by atoms with van der Waals surface area (Å²) in [6.45, 7) is 1.13. The Morgan fingerprint density at radius 1 is 1.09 bits per heavy atom. The van der Waals surface area contributed by atoms with Gasteiger partial charge in [0.15, 0.2) is 5.13 Å². The van der Waals surface area contributed by atoms with Gasteiger partial charge in [-0.2, -0.15) is 0 Å². The molecule has 0 saturated heterocycles. The first-order valence-corrected chi connectivity index (χ1v) is 11.4. The third-order valence-corrected chi connectivity index (χ3v) is 6.45. The lowest BCUT2D eigenvalue weighted by molar-refractivity contribution is 0.0983. The van der Waals surface area contributed by atoms with Gasteiger partial charge in [-0.15, -0.1) is 0 Å². The molecule has 33 heavy (non-hydrogen) atoms. The van der Waals surface area contributed by atoms with Gasteiger partial charge >= 0.3 is 0 Å². The summed E-state index contributed by atoms with van der Waals surface area (Å²) in [5.74, 6) is 1.47. The predicted molar refractivity (Wildman–Crippen MR) is 129 cm³/mol. The maximum absolute atomic E-state index is 13.7. The Balaban J connectivity index is 1.75. The topological polar surface area (TPSA) is 78.7 Å². The molecule has 172 valence electrons. The van der Waals surface area contributed by atoms with E-state index in [-0.39, 0.29) is 5.91 Å². The van der Waals surface area contributed by atoms with Crippen molar-refractivity contribution in [1.29, 1.82) is 0 Å². The molecular weight excluding hydrogens is 464 g/mol. The smallest absolute Gasteiger partial charge is 0.263 e. The number of anilines is 1. The Bertz CT molecular complexity index is 1220. The van der Waals surface area contributed by atoms with E-state index in [0.717, 1.165) is 4.70 Å². The van der Waals surface area contributed by atoms with Crippen LogP contribution in [0.2, 0.25) is 5.02 Å².